The van der Waals surface area contributed by atoms with Crippen molar-refractivity contribution < 1.29 is 9.47 Å². The molecular formula is C12H16BrNO2. The molecule has 1 saturated heterocycles. The summed E-state index contributed by atoms with van der Waals surface area (Å²) in [7, 11) is 1.66. The summed E-state index contributed by atoms with van der Waals surface area (Å²) >= 11 is 3.45. The van der Waals surface area contributed by atoms with Gasteiger partial charge in [0.25, 0.3) is 0 Å². The summed E-state index contributed by atoms with van der Waals surface area (Å²) in [5.41, 5.74) is 0. The number of nitrogens with one attached hydrogen (secondary N) is 1. The van der Waals surface area contributed by atoms with Gasteiger partial charge in [0.15, 0.2) is 11.5 Å². The Labute approximate surface area is 104 Å². The van der Waals surface area contributed by atoms with Gasteiger partial charge < -0.3 is 14.8 Å². The number of para-hydroxylation sites is 1. The third kappa shape index (κ3) is 2.68. The number of hydrogen-bond donors (Lipinski definition) is 1. The molecule has 88 valence electrons. The third-order valence-electron chi connectivity index (χ3n) is 2.68. The molecule has 0 saturated carbocycles. The van der Waals surface area contributed by atoms with Gasteiger partial charge in [0.1, 0.15) is 6.10 Å². The Balaban J connectivity index is 2.10. The molecule has 1 aliphatic heterocycles. The Bertz CT molecular complexity index is 351. The molecule has 0 bridgehead atoms. The normalized spacial score (nSPS) is 20.5. The highest BCUT2D eigenvalue weighted by Crippen LogP contribution is 2.35. The summed E-state index contributed by atoms with van der Waals surface area (Å²) in [5, 5.41) is 3.33. The van der Waals surface area contributed by atoms with Gasteiger partial charge in [-0.05, 0) is 47.4 Å². The zero-order valence-electron chi connectivity index (χ0n) is 9.33. The van der Waals surface area contributed by atoms with Crippen molar-refractivity contribution in [3.05, 3.63) is 22.7 Å². The minimum atomic E-state index is 0.247. The monoisotopic (exact) mass is 285 g/mol. The van der Waals surface area contributed by atoms with Crippen molar-refractivity contribution in [3.63, 3.8) is 0 Å². The van der Waals surface area contributed by atoms with Crippen molar-refractivity contribution in [1.29, 1.82) is 0 Å². The molecule has 0 radical (unpaired) electrons. The lowest BCUT2D eigenvalue weighted by molar-refractivity contribution is 0.161. The predicted molar refractivity (Wildman–Crippen MR) is 67.2 cm³/mol. The molecule has 0 aliphatic carbocycles. The van der Waals surface area contributed by atoms with Gasteiger partial charge in [-0.3, -0.25) is 0 Å². The van der Waals surface area contributed by atoms with E-state index in [1.54, 1.807) is 7.11 Å². The Kier molecular flexibility index (Phi) is 4.07. The van der Waals surface area contributed by atoms with Gasteiger partial charge in [0.2, 0.25) is 0 Å². The lowest BCUT2D eigenvalue weighted by Crippen LogP contribution is -2.37. The van der Waals surface area contributed by atoms with Crippen LogP contribution in [0.1, 0.15) is 12.8 Å². The van der Waals surface area contributed by atoms with Crippen LogP contribution in [-0.2, 0) is 0 Å². The minimum Gasteiger partial charge on any atom is -0.492 e. The van der Waals surface area contributed by atoms with Gasteiger partial charge in [-0.25, -0.2) is 0 Å². The maximum atomic E-state index is 5.94. The van der Waals surface area contributed by atoms with Gasteiger partial charge in [-0.2, -0.15) is 0 Å². The van der Waals surface area contributed by atoms with E-state index in [4.69, 9.17) is 9.47 Å². The molecule has 1 aliphatic rings. The van der Waals surface area contributed by atoms with Crippen LogP contribution in [0.5, 0.6) is 11.5 Å². The fraction of sp³-hybridized carbons (Fsp3) is 0.500. The minimum absolute atomic E-state index is 0.247. The summed E-state index contributed by atoms with van der Waals surface area (Å²) < 4.78 is 12.2. The van der Waals surface area contributed by atoms with Gasteiger partial charge in [-0.15, -0.1) is 0 Å². The molecule has 1 atom stereocenters. The van der Waals surface area contributed by atoms with Crippen LogP contribution in [0.2, 0.25) is 0 Å². The predicted octanol–water partition coefficient (Wildman–Crippen LogP) is 2.59. The molecule has 0 spiro atoms. The number of methoxy groups -OCH3 is 1. The number of ether oxygens (including phenoxy) is 2. The standard InChI is InChI=1S/C12H16BrNO2/c1-15-12-10(13)5-2-6-11(12)16-9-4-3-7-14-8-9/h2,5-6,9,14H,3-4,7-8H2,1H3. The highest BCUT2D eigenvalue weighted by molar-refractivity contribution is 9.10. The fourth-order valence-electron chi connectivity index (χ4n) is 1.88. The zero-order chi connectivity index (χ0) is 11.4. The van der Waals surface area contributed by atoms with Gasteiger partial charge in [-0.1, -0.05) is 6.07 Å². The first-order chi connectivity index (χ1) is 7.81. The highest BCUT2D eigenvalue weighted by Gasteiger charge is 2.17. The largest absolute Gasteiger partial charge is 0.492 e. The van der Waals surface area contributed by atoms with Crippen molar-refractivity contribution in [2.75, 3.05) is 20.2 Å². The molecule has 0 aromatic heterocycles. The van der Waals surface area contributed by atoms with Crippen LogP contribution in [-0.4, -0.2) is 26.3 Å². The summed E-state index contributed by atoms with van der Waals surface area (Å²) in [5.74, 6) is 1.58. The maximum absolute atomic E-state index is 5.94. The topological polar surface area (TPSA) is 30.5 Å². The molecule has 1 heterocycles. The van der Waals surface area contributed by atoms with Crippen LogP contribution >= 0.6 is 15.9 Å². The SMILES string of the molecule is COc1c(Br)cccc1OC1CCCNC1. The Morgan fingerprint density at radius 1 is 1.44 bits per heavy atom. The molecule has 1 fully saturated rings. The van der Waals surface area contributed by atoms with Gasteiger partial charge in [0.05, 0.1) is 11.6 Å². The molecule has 2 rings (SSSR count). The summed E-state index contributed by atoms with van der Waals surface area (Å²) in [6.07, 6.45) is 2.51. The van der Waals surface area contributed by atoms with Crippen LogP contribution < -0.4 is 14.8 Å². The molecule has 1 aromatic rings. The summed E-state index contributed by atoms with van der Waals surface area (Å²) in [6, 6.07) is 5.85. The van der Waals surface area contributed by atoms with E-state index in [9.17, 15) is 0 Å². The van der Waals surface area contributed by atoms with E-state index in [0.29, 0.717) is 0 Å². The van der Waals surface area contributed by atoms with Crippen molar-refractivity contribution in [2.24, 2.45) is 0 Å². The quantitative estimate of drug-likeness (QED) is 0.926. The molecular weight excluding hydrogens is 270 g/mol. The lowest BCUT2D eigenvalue weighted by Gasteiger charge is -2.24. The number of benzene rings is 1. The van der Waals surface area contributed by atoms with Crippen LogP contribution in [0.25, 0.3) is 0 Å². The zero-order valence-corrected chi connectivity index (χ0v) is 10.9. The second kappa shape index (κ2) is 5.55. The van der Waals surface area contributed by atoms with E-state index in [0.717, 1.165) is 35.5 Å². The molecule has 16 heavy (non-hydrogen) atoms. The van der Waals surface area contributed by atoms with Crippen molar-refractivity contribution in [2.45, 2.75) is 18.9 Å². The Morgan fingerprint density at radius 2 is 2.31 bits per heavy atom. The first kappa shape index (κ1) is 11.7. The average Bonchev–Trinajstić information content (AvgIpc) is 2.31. The summed E-state index contributed by atoms with van der Waals surface area (Å²) in [4.78, 5) is 0. The van der Waals surface area contributed by atoms with Crippen LogP contribution in [0, 0.1) is 0 Å². The van der Waals surface area contributed by atoms with E-state index in [-0.39, 0.29) is 6.10 Å². The molecule has 1 unspecified atom stereocenters. The molecule has 4 heteroatoms. The average molecular weight is 286 g/mol. The van der Waals surface area contributed by atoms with E-state index in [1.807, 2.05) is 18.2 Å². The van der Waals surface area contributed by atoms with Crippen LogP contribution in [0.3, 0.4) is 0 Å². The second-order valence-corrected chi connectivity index (χ2v) is 4.71. The molecule has 0 amide bonds. The van der Waals surface area contributed by atoms with Gasteiger partial charge in [0, 0.05) is 6.54 Å². The van der Waals surface area contributed by atoms with Crippen molar-refractivity contribution in [1.82, 2.24) is 5.32 Å². The van der Waals surface area contributed by atoms with E-state index >= 15 is 0 Å². The number of halogens is 1. The second-order valence-electron chi connectivity index (χ2n) is 3.86. The fourth-order valence-corrected chi connectivity index (χ4v) is 2.39. The number of piperidine rings is 1. The smallest absolute Gasteiger partial charge is 0.174 e. The van der Waals surface area contributed by atoms with Crippen LogP contribution in [0.15, 0.2) is 22.7 Å². The van der Waals surface area contributed by atoms with Crippen molar-refractivity contribution >= 4 is 15.9 Å². The third-order valence-corrected chi connectivity index (χ3v) is 3.30. The van der Waals surface area contributed by atoms with E-state index in [1.165, 1.54) is 6.42 Å². The van der Waals surface area contributed by atoms with Gasteiger partial charge >= 0.3 is 0 Å². The number of rotatable bonds is 3. The summed E-state index contributed by atoms with van der Waals surface area (Å²) in [6.45, 7) is 2.01. The lowest BCUT2D eigenvalue weighted by atomic mass is 10.1. The van der Waals surface area contributed by atoms with E-state index < -0.39 is 0 Å². The molecule has 3 nitrogen and oxygen atoms in total. The van der Waals surface area contributed by atoms with Crippen LogP contribution in [0.4, 0.5) is 0 Å². The molecule has 1 N–H and O–H groups in total. The first-order valence-corrected chi connectivity index (χ1v) is 6.30. The first-order valence-electron chi connectivity index (χ1n) is 5.51. The van der Waals surface area contributed by atoms with E-state index in [2.05, 4.69) is 21.2 Å². The Hall–Kier alpha value is -0.740. The molecule has 1 aromatic carbocycles. The highest BCUT2D eigenvalue weighted by atomic mass is 79.9. The maximum Gasteiger partial charge on any atom is 0.174 e. The Morgan fingerprint density at radius 3 is 3.00 bits per heavy atom. The van der Waals surface area contributed by atoms with Crippen molar-refractivity contribution in [3.8, 4) is 11.5 Å². The number of hydrogen-bond acceptors (Lipinski definition) is 3.